The zero-order valence-corrected chi connectivity index (χ0v) is 11.9. The van der Waals surface area contributed by atoms with Gasteiger partial charge in [0.15, 0.2) is 0 Å². The number of methoxy groups -OCH3 is 1. The van der Waals surface area contributed by atoms with E-state index in [0.29, 0.717) is 6.04 Å². The van der Waals surface area contributed by atoms with Crippen LogP contribution in [0.15, 0.2) is 18.2 Å². The van der Waals surface area contributed by atoms with Crippen LogP contribution >= 0.6 is 0 Å². The molecule has 3 nitrogen and oxygen atoms in total. The number of hydrogen-bond acceptors (Lipinski definition) is 3. The molecule has 19 heavy (non-hydrogen) atoms. The van der Waals surface area contributed by atoms with Crippen molar-refractivity contribution in [2.45, 2.75) is 38.6 Å². The molecule has 3 unspecified atom stereocenters. The maximum atomic E-state index is 5.80. The molecule has 0 spiro atoms. The third-order valence-corrected chi connectivity index (χ3v) is 4.94. The van der Waals surface area contributed by atoms with Crippen molar-refractivity contribution in [2.75, 3.05) is 7.11 Å². The molecule has 0 bridgehead atoms. The van der Waals surface area contributed by atoms with Gasteiger partial charge in [-0.1, -0.05) is 17.7 Å². The average molecular weight is 260 g/mol. The minimum absolute atomic E-state index is 0.378. The Balaban J connectivity index is 1.73. The largest absolute Gasteiger partial charge is 0.496 e. The van der Waals surface area contributed by atoms with Gasteiger partial charge in [-0.15, -0.1) is 0 Å². The second kappa shape index (κ2) is 5.14. The van der Waals surface area contributed by atoms with Crippen LogP contribution in [0.1, 0.15) is 30.4 Å². The van der Waals surface area contributed by atoms with E-state index < -0.39 is 0 Å². The van der Waals surface area contributed by atoms with Crippen LogP contribution < -0.4 is 16.0 Å². The Hall–Kier alpha value is -1.06. The molecule has 0 radical (unpaired) electrons. The van der Waals surface area contributed by atoms with Crippen LogP contribution in [-0.2, 0) is 6.42 Å². The van der Waals surface area contributed by atoms with Crippen molar-refractivity contribution < 1.29 is 4.74 Å². The lowest BCUT2D eigenvalue weighted by atomic mass is 9.89. The lowest BCUT2D eigenvalue weighted by Crippen LogP contribution is -2.42. The Morgan fingerprint density at radius 2 is 2.05 bits per heavy atom. The van der Waals surface area contributed by atoms with Gasteiger partial charge in [0, 0.05) is 6.04 Å². The quantitative estimate of drug-likeness (QED) is 0.631. The summed E-state index contributed by atoms with van der Waals surface area (Å²) in [6, 6.07) is 6.75. The van der Waals surface area contributed by atoms with Crippen molar-refractivity contribution in [3.63, 3.8) is 0 Å². The van der Waals surface area contributed by atoms with Gasteiger partial charge in [0.2, 0.25) is 0 Å². The number of aryl methyl sites for hydroxylation is 1. The summed E-state index contributed by atoms with van der Waals surface area (Å²) in [5.74, 6) is 9.52. The number of rotatable bonds is 5. The van der Waals surface area contributed by atoms with Crippen LogP contribution in [0.3, 0.4) is 0 Å². The number of hydrazine groups is 1. The zero-order chi connectivity index (χ0) is 13.4. The zero-order valence-electron chi connectivity index (χ0n) is 11.9. The molecule has 104 valence electrons. The number of nitrogens with two attached hydrogens (primary N) is 1. The minimum atomic E-state index is 0.378. The molecule has 2 fully saturated rings. The summed E-state index contributed by atoms with van der Waals surface area (Å²) in [6.45, 7) is 2.12. The van der Waals surface area contributed by atoms with Crippen molar-refractivity contribution in [3.05, 3.63) is 29.3 Å². The van der Waals surface area contributed by atoms with Crippen molar-refractivity contribution in [3.8, 4) is 5.75 Å². The molecule has 0 aliphatic heterocycles. The first-order valence-corrected chi connectivity index (χ1v) is 7.31. The molecule has 3 rings (SSSR count). The molecule has 2 aliphatic carbocycles. The number of ether oxygens (including phenoxy) is 1. The molecule has 0 heterocycles. The predicted molar refractivity (Wildman–Crippen MR) is 76.9 cm³/mol. The van der Waals surface area contributed by atoms with Crippen LogP contribution in [-0.4, -0.2) is 13.2 Å². The summed E-state index contributed by atoms with van der Waals surface area (Å²) in [5, 5.41) is 0. The van der Waals surface area contributed by atoms with E-state index in [2.05, 4.69) is 30.5 Å². The average Bonchev–Trinajstić information content (AvgIpc) is 3.03. The summed E-state index contributed by atoms with van der Waals surface area (Å²) in [5.41, 5.74) is 5.60. The first-order chi connectivity index (χ1) is 9.21. The van der Waals surface area contributed by atoms with Gasteiger partial charge in [0.25, 0.3) is 0 Å². The number of nitrogens with one attached hydrogen (secondary N) is 1. The molecular weight excluding hydrogens is 236 g/mol. The van der Waals surface area contributed by atoms with Gasteiger partial charge >= 0.3 is 0 Å². The van der Waals surface area contributed by atoms with Crippen molar-refractivity contribution in [1.29, 1.82) is 0 Å². The summed E-state index contributed by atoms with van der Waals surface area (Å²) in [7, 11) is 1.74. The first kappa shape index (κ1) is 12.9. The highest BCUT2D eigenvalue weighted by molar-refractivity contribution is 5.37. The van der Waals surface area contributed by atoms with Gasteiger partial charge in [-0.25, -0.2) is 0 Å². The lowest BCUT2D eigenvalue weighted by Gasteiger charge is -2.25. The fraction of sp³-hybridized carbons (Fsp3) is 0.625. The summed E-state index contributed by atoms with van der Waals surface area (Å²) >= 11 is 0. The number of benzene rings is 1. The third kappa shape index (κ3) is 2.63. The second-order valence-electron chi connectivity index (χ2n) is 6.28. The van der Waals surface area contributed by atoms with Gasteiger partial charge in [0.1, 0.15) is 5.75 Å². The summed E-state index contributed by atoms with van der Waals surface area (Å²) in [6.07, 6.45) is 5.13. The lowest BCUT2D eigenvalue weighted by molar-refractivity contribution is 0.330. The van der Waals surface area contributed by atoms with Gasteiger partial charge in [-0.3, -0.25) is 11.3 Å². The Morgan fingerprint density at radius 3 is 2.68 bits per heavy atom. The highest BCUT2D eigenvalue weighted by atomic mass is 16.5. The van der Waals surface area contributed by atoms with E-state index in [1.165, 1.54) is 30.4 Å². The molecule has 3 heteroatoms. The molecule has 0 aromatic heterocycles. The van der Waals surface area contributed by atoms with E-state index in [4.69, 9.17) is 10.6 Å². The van der Waals surface area contributed by atoms with Gasteiger partial charge in [-0.2, -0.15) is 0 Å². The van der Waals surface area contributed by atoms with E-state index >= 15 is 0 Å². The van der Waals surface area contributed by atoms with E-state index in [1.807, 2.05) is 0 Å². The van der Waals surface area contributed by atoms with E-state index in [9.17, 15) is 0 Å². The second-order valence-corrected chi connectivity index (χ2v) is 6.28. The Bertz CT molecular complexity index is 450. The number of hydrogen-bond donors (Lipinski definition) is 2. The molecule has 2 aliphatic rings. The van der Waals surface area contributed by atoms with E-state index in [-0.39, 0.29) is 0 Å². The Kier molecular flexibility index (Phi) is 3.50. The molecule has 1 aromatic rings. The van der Waals surface area contributed by atoms with Crippen molar-refractivity contribution in [2.24, 2.45) is 23.6 Å². The van der Waals surface area contributed by atoms with Gasteiger partial charge < -0.3 is 4.74 Å². The van der Waals surface area contributed by atoms with Gasteiger partial charge in [0.05, 0.1) is 7.11 Å². The molecule has 3 N–H and O–H groups in total. The maximum Gasteiger partial charge on any atom is 0.122 e. The molecule has 0 saturated heterocycles. The topological polar surface area (TPSA) is 47.3 Å². The Labute approximate surface area is 115 Å². The Morgan fingerprint density at radius 1 is 1.32 bits per heavy atom. The maximum absolute atomic E-state index is 5.80. The van der Waals surface area contributed by atoms with Gasteiger partial charge in [-0.05, 0) is 62.0 Å². The normalized spacial score (nSPS) is 29.9. The van der Waals surface area contributed by atoms with Crippen molar-refractivity contribution in [1.82, 2.24) is 5.43 Å². The molecular formula is C16H24N2O. The summed E-state index contributed by atoms with van der Waals surface area (Å²) < 4.78 is 5.47. The highest BCUT2D eigenvalue weighted by Gasteiger charge is 2.47. The van der Waals surface area contributed by atoms with Crippen LogP contribution in [0.5, 0.6) is 5.75 Å². The van der Waals surface area contributed by atoms with Crippen LogP contribution in [0, 0.1) is 24.7 Å². The fourth-order valence-corrected chi connectivity index (χ4v) is 3.76. The monoisotopic (exact) mass is 260 g/mol. The molecule has 0 amide bonds. The summed E-state index contributed by atoms with van der Waals surface area (Å²) in [4.78, 5) is 0. The first-order valence-electron chi connectivity index (χ1n) is 7.31. The standard InChI is InChI=1S/C16H24N2O/c1-10-3-4-16(19-2)14(5-10)9-15(18-17)13-7-11-6-12(11)8-13/h3-5,11-13,15,18H,6-9,17H2,1-2H3. The predicted octanol–water partition coefficient (Wildman–Crippen LogP) is 2.42. The molecule has 3 atom stereocenters. The van der Waals surface area contributed by atoms with Crippen LogP contribution in [0.25, 0.3) is 0 Å². The number of fused-ring (bicyclic) bond motifs is 1. The fourth-order valence-electron chi connectivity index (χ4n) is 3.76. The van der Waals surface area contributed by atoms with Crippen LogP contribution in [0.4, 0.5) is 0 Å². The third-order valence-electron chi connectivity index (χ3n) is 4.94. The molecule has 1 aromatic carbocycles. The van der Waals surface area contributed by atoms with Crippen LogP contribution in [0.2, 0.25) is 0 Å². The van der Waals surface area contributed by atoms with Crippen molar-refractivity contribution >= 4 is 0 Å². The smallest absolute Gasteiger partial charge is 0.122 e. The SMILES string of the molecule is COc1ccc(C)cc1CC(NN)C1CC2CC2C1. The minimum Gasteiger partial charge on any atom is -0.496 e. The van der Waals surface area contributed by atoms with E-state index in [0.717, 1.165) is 29.9 Å². The highest BCUT2D eigenvalue weighted by Crippen LogP contribution is 2.55. The molecule has 2 saturated carbocycles. The van der Waals surface area contributed by atoms with E-state index in [1.54, 1.807) is 7.11 Å².